The molecule has 0 saturated heterocycles. The van der Waals surface area contributed by atoms with Gasteiger partial charge in [0.2, 0.25) is 0 Å². The van der Waals surface area contributed by atoms with E-state index in [9.17, 15) is 14.3 Å². The van der Waals surface area contributed by atoms with E-state index in [2.05, 4.69) is 5.32 Å². The number of nitrogens with one attached hydrogen (secondary N) is 1. The van der Waals surface area contributed by atoms with Crippen molar-refractivity contribution in [1.82, 2.24) is 0 Å². The Labute approximate surface area is 85.7 Å². The third-order valence-electron chi connectivity index (χ3n) is 2.20. The Bertz CT molecular complexity index is 419. The third-order valence-corrected chi connectivity index (χ3v) is 2.20. The van der Waals surface area contributed by atoms with Gasteiger partial charge in [-0.3, -0.25) is 4.79 Å². The van der Waals surface area contributed by atoms with Gasteiger partial charge >= 0.3 is 0 Å². The van der Waals surface area contributed by atoms with Crippen LogP contribution in [0.3, 0.4) is 0 Å². The SMILES string of the molecule is CCOc1cc2c(cc1F)NC(=O)C2O. The van der Waals surface area contributed by atoms with Crippen LogP contribution < -0.4 is 10.1 Å². The number of anilines is 1. The summed E-state index contributed by atoms with van der Waals surface area (Å²) in [7, 11) is 0. The normalized spacial score (nSPS) is 18.6. The largest absolute Gasteiger partial charge is 0.491 e. The van der Waals surface area contributed by atoms with Crippen LogP contribution in [-0.2, 0) is 4.79 Å². The lowest BCUT2D eigenvalue weighted by Gasteiger charge is -2.07. The van der Waals surface area contributed by atoms with Crippen molar-refractivity contribution < 1.29 is 19.0 Å². The number of carbonyl (C=O) groups is 1. The summed E-state index contributed by atoms with van der Waals surface area (Å²) in [4.78, 5) is 11.1. The fourth-order valence-electron chi connectivity index (χ4n) is 1.51. The summed E-state index contributed by atoms with van der Waals surface area (Å²) >= 11 is 0. The van der Waals surface area contributed by atoms with Gasteiger partial charge in [0.25, 0.3) is 5.91 Å². The van der Waals surface area contributed by atoms with Gasteiger partial charge in [0, 0.05) is 11.6 Å². The molecule has 1 aliphatic heterocycles. The second kappa shape index (κ2) is 3.51. The van der Waals surface area contributed by atoms with Crippen molar-refractivity contribution in [3.63, 3.8) is 0 Å². The van der Waals surface area contributed by atoms with Crippen molar-refractivity contribution in [3.05, 3.63) is 23.5 Å². The van der Waals surface area contributed by atoms with E-state index in [1.165, 1.54) is 6.07 Å². The lowest BCUT2D eigenvalue weighted by molar-refractivity contribution is -0.123. The number of rotatable bonds is 2. The fourth-order valence-corrected chi connectivity index (χ4v) is 1.51. The summed E-state index contributed by atoms with van der Waals surface area (Å²) < 4.78 is 18.3. The molecule has 2 N–H and O–H groups in total. The molecule has 4 nitrogen and oxygen atoms in total. The minimum absolute atomic E-state index is 0.0480. The van der Waals surface area contributed by atoms with Crippen LogP contribution in [-0.4, -0.2) is 17.6 Å². The molecular weight excluding hydrogens is 201 g/mol. The standard InChI is InChI=1S/C10H10FNO3/c1-2-15-8-3-5-7(4-6(8)11)12-10(14)9(5)13/h3-4,9,13H,2H2,1H3,(H,12,14). The first-order valence-corrected chi connectivity index (χ1v) is 4.58. The number of aliphatic hydroxyl groups is 1. The number of halogens is 1. The number of carbonyl (C=O) groups excluding carboxylic acids is 1. The van der Waals surface area contributed by atoms with Crippen LogP contribution >= 0.6 is 0 Å². The number of hydrogen-bond acceptors (Lipinski definition) is 3. The van der Waals surface area contributed by atoms with Gasteiger partial charge in [0.1, 0.15) is 0 Å². The van der Waals surface area contributed by atoms with Gasteiger partial charge in [-0.05, 0) is 13.0 Å². The molecule has 1 amide bonds. The number of aliphatic hydroxyl groups excluding tert-OH is 1. The molecule has 0 fully saturated rings. The minimum Gasteiger partial charge on any atom is -0.491 e. The van der Waals surface area contributed by atoms with Crippen LogP contribution in [0.1, 0.15) is 18.6 Å². The van der Waals surface area contributed by atoms with E-state index >= 15 is 0 Å². The van der Waals surface area contributed by atoms with E-state index in [1.54, 1.807) is 6.92 Å². The predicted molar refractivity (Wildman–Crippen MR) is 51.2 cm³/mol. The molecule has 0 radical (unpaired) electrons. The zero-order chi connectivity index (χ0) is 11.0. The molecule has 1 atom stereocenters. The van der Waals surface area contributed by atoms with E-state index in [-0.39, 0.29) is 5.75 Å². The maximum absolute atomic E-state index is 13.3. The number of amides is 1. The smallest absolute Gasteiger partial charge is 0.257 e. The van der Waals surface area contributed by atoms with Crippen molar-refractivity contribution in [1.29, 1.82) is 0 Å². The van der Waals surface area contributed by atoms with Crippen molar-refractivity contribution in [2.45, 2.75) is 13.0 Å². The quantitative estimate of drug-likeness (QED) is 0.773. The van der Waals surface area contributed by atoms with Crippen LogP contribution in [0.15, 0.2) is 12.1 Å². The Hall–Kier alpha value is -1.62. The van der Waals surface area contributed by atoms with Crippen LogP contribution in [0.5, 0.6) is 5.75 Å². The highest BCUT2D eigenvalue weighted by atomic mass is 19.1. The van der Waals surface area contributed by atoms with Crippen LogP contribution in [0.4, 0.5) is 10.1 Å². The molecule has 15 heavy (non-hydrogen) atoms. The first-order valence-electron chi connectivity index (χ1n) is 4.58. The van der Waals surface area contributed by atoms with Gasteiger partial charge < -0.3 is 15.2 Å². The summed E-state index contributed by atoms with van der Waals surface area (Å²) in [5.74, 6) is -1.05. The van der Waals surface area contributed by atoms with E-state index in [4.69, 9.17) is 4.74 Å². The van der Waals surface area contributed by atoms with Gasteiger partial charge in [-0.25, -0.2) is 4.39 Å². The molecule has 80 valence electrons. The number of benzene rings is 1. The number of fused-ring (bicyclic) bond motifs is 1. The molecule has 1 unspecified atom stereocenters. The summed E-state index contributed by atoms with van der Waals surface area (Å²) in [6.07, 6.45) is -1.24. The topological polar surface area (TPSA) is 58.6 Å². The zero-order valence-corrected chi connectivity index (χ0v) is 8.08. The lowest BCUT2D eigenvalue weighted by atomic mass is 10.1. The molecule has 2 rings (SSSR count). The first kappa shape index (κ1) is 9.92. The maximum Gasteiger partial charge on any atom is 0.257 e. The van der Waals surface area contributed by atoms with E-state index in [0.29, 0.717) is 17.9 Å². The van der Waals surface area contributed by atoms with Crippen LogP contribution in [0, 0.1) is 5.82 Å². The Kier molecular flexibility index (Phi) is 2.32. The average Bonchev–Trinajstić information content (AvgIpc) is 2.45. The molecular formula is C10H10FNO3. The molecule has 1 heterocycles. The highest BCUT2D eigenvalue weighted by molar-refractivity contribution is 6.01. The van der Waals surface area contributed by atoms with Crippen molar-refractivity contribution in [2.75, 3.05) is 11.9 Å². The monoisotopic (exact) mass is 211 g/mol. The summed E-state index contributed by atoms with van der Waals surface area (Å²) in [5, 5.41) is 11.8. The van der Waals surface area contributed by atoms with Gasteiger partial charge in [0.05, 0.1) is 12.3 Å². The molecule has 1 aliphatic rings. The predicted octanol–water partition coefficient (Wildman–Crippen LogP) is 1.21. The van der Waals surface area contributed by atoms with Crippen LogP contribution in [0.2, 0.25) is 0 Å². The maximum atomic E-state index is 13.3. The molecule has 5 heteroatoms. The summed E-state index contributed by atoms with van der Waals surface area (Å²) in [5.41, 5.74) is 0.651. The van der Waals surface area contributed by atoms with E-state index in [1.807, 2.05) is 0 Å². The first-order chi connectivity index (χ1) is 7.13. The molecule has 1 aromatic carbocycles. The Morgan fingerprint density at radius 2 is 2.33 bits per heavy atom. The van der Waals surface area contributed by atoms with Crippen molar-refractivity contribution >= 4 is 11.6 Å². The molecule has 1 aromatic rings. The minimum atomic E-state index is -1.24. The molecule has 0 aliphatic carbocycles. The number of hydrogen-bond donors (Lipinski definition) is 2. The second-order valence-electron chi connectivity index (χ2n) is 3.19. The van der Waals surface area contributed by atoms with Crippen molar-refractivity contribution in [3.8, 4) is 5.75 Å². The fraction of sp³-hybridized carbons (Fsp3) is 0.300. The summed E-state index contributed by atoms with van der Waals surface area (Å²) in [6.45, 7) is 2.06. The summed E-state index contributed by atoms with van der Waals surface area (Å²) in [6, 6.07) is 2.49. The van der Waals surface area contributed by atoms with Crippen LogP contribution in [0.25, 0.3) is 0 Å². The molecule has 0 spiro atoms. The van der Waals surface area contributed by atoms with E-state index < -0.39 is 17.8 Å². The lowest BCUT2D eigenvalue weighted by Crippen LogP contribution is -2.10. The zero-order valence-electron chi connectivity index (χ0n) is 8.08. The molecule has 0 saturated carbocycles. The molecule has 0 aromatic heterocycles. The van der Waals surface area contributed by atoms with Gasteiger partial charge in [0.15, 0.2) is 17.7 Å². The average molecular weight is 211 g/mol. The van der Waals surface area contributed by atoms with Gasteiger partial charge in [-0.2, -0.15) is 0 Å². The van der Waals surface area contributed by atoms with Crippen molar-refractivity contribution in [2.24, 2.45) is 0 Å². The highest BCUT2D eigenvalue weighted by Gasteiger charge is 2.30. The van der Waals surface area contributed by atoms with Gasteiger partial charge in [-0.1, -0.05) is 0 Å². The Morgan fingerprint density at radius 1 is 1.60 bits per heavy atom. The van der Waals surface area contributed by atoms with E-state index in [0.717, 1.165) is 6.07 Å². The number of ether oxygens (including phenoxy) is 1. The Morgan fingerprint density at radius 3 is 3.00 bits per heavy atom. The Balaban J connectivity index is 2.45. The second-order valence-corrected chi connectivity index (χ2v) is 3.19. The highest BCUT2D eigenvalue weighted by Crippen LogP contribution is 2.35. The molecule has 0 bridgehead atoms. The van der Waals surface area contributed by atoms with Gasteiger partial charge in [-0.15, -0.1) is 0 Å². The third kappa shape index (κ3) is 1.55.